The van der Waals surface area contributed by atoms with Gasteiger partial charge in [0.25, 0.3) is 5.91 Å². The fourth-order valence-electron chi connectivity index (χ4n) is 2.92. The van der Waals surface area contributed by atoms with Crippen molar-refractivity contribution in [3.63, 3.8) is 0 Å². The lowest BCUT2D eigenvalue weighted by molar-refractivity contribution is -0.137. The zero-order valence-electron chi connectivity index (χ0n) is 17.3. The number of aliphatic carboxylic acids is 1. The molecule has 168 valence electrons. The molecule has 1 fully saturated rings. The lowest BCUT2D eigenvalue weighted by atomic mass is 10.1. The minimum atomic E-state index is -0.873. The van der Waals surface area contributed by atoms with Gasteiger partial charge in [0.2, 0.25) is 5.91 Å². The van der Waals surface area contributed by atoms with E-state index >= 15 is 0 Å². The Hall–Kier alpha value is -2.59. The van der Waals surface area contributed by atoms with E-state index in [9.17, 15) is 19.5 Å². The number of thioether (sulfide) groups is 1. The third kappa shape index (κ3) is 7.87. The van der Waals surface area contributed by atoms with Crippen LogP contribution in [-0.2, 0) is 14.4 Å². The van der Waals surface area contributed by atoms with Gasteiger partial charge in [-0.05, 0) is 43.0 Å². The van der Waals surface area contributed by atoms with Crippen molar-refractivity contribution in [3.8, 4) is 11.5 Å². The van der Waals surface area contributed by atoms with E-state index in [0.717, 1.165) is 18.4 Å². The zero-order valence-corrected chi connectivity index (χ0v) is 18.9. The summed E-state index contributed by atoms with van der Waals surface area (Å²) in [6, 6.07) is 4.85. The van der Waals surface area contributed by atoms with E-state index in [1.54, 1.807) is 23.1 Å². The Morgan fingerprint density at radius 2 is 2.00 bits per heavy atom. The van der Waals surface area contributed by atoms with Gasteiger partial charge in [0, 0.05) is 25.9 Å². The number of thiocarbonyl (C=S) groups is 1. The van der Waals surface area contributed by atoms with Crippen molar-refractivity contribution >= 4 is 52.2 Å². The molecule has 31 heavy (non-hydrogen) atoms. The van der Waals surface area contributed by atoms with Gasteiger partial charge in [0.05, 0.1) is 12.0 Å². The van der Waals surface area contributed by atoms with Crippen LogP contribution in [0.15, 0.2) is 23.1 Å². The van der Waals surface area contributed by atoms with Crippen LogP contribution in [0.4, 0.5) is 0 Å². The number of aromatic hydroxyl groups is 1. The number of phenolic OH excluding ortho intramolecular Hbond substituents is 1. The number of carbonyl (C=O) groups excluding carboxylic acids is 2. The van der Waals surface area contributed by atoms with Gasteiger partial charge in [0.15, 0.2) is 11.5 Å². The van der Waals surface area contributed by atoms with Crippen LogP contribution >= 0.6 is 24.0 Å². The van der Waals surface area contributed by atoms with Gasteiger partial charge < -0.3 is 20.3 Å². The summed E-state index contributed by atoms with van der Waals surface area (Å²) < 4.78 is 5.59. The first-order valence-electron chi connectivity index (χ1n) is 9.92. The number of nitrogens with zero attached hydrogens (tertiary/aromatic N) is 1. The average Bonchev–Trinajstić information content (AvgIpc) is 2.99. The van der Waals surface area contributed by atoms with Crippen molar-refractivity contribution in [3.05, 3.63) is 28.7 Å². The van der Waals surface area contributed by atoms with Gasteiger partial charge in [-0.25, -0.2) is 0 Å². The van der Waals surface area contributed by atoms with E-state index in [4.69, 9.17) is 22.1 Å². The highest BCUT2D eigenvalue weighted by atomic mass is 32.2. The second-order valence-electron chi connectivity index (χ2n) is 6.92. The number of methoxy groups -OCH3 is 1. The second-order valence-corrected chi connectivity index (χ2v) is 8.60. The Balaban J connectivity index is 1.74. The Kier molecular flexibility index (Phi) is 9.80. The third-order valence-electron chi connectivity index (χ3n) is 4.55. The van der Waals surface area contributed by atoms with Crippen molar-refractivity contribution in [2.24, 2.45) is 0 Å². The summed E-state index contributed by atoms with van der Waals surface area (Å²) in [4.78, 5) is 36.9. The molecule has 2 amide bonds. The molecule has 1 aliphatic rings. The van der Waals surface area contributed by atoms with E-state index in [2.05, 4.69) is 5.32 Å². The van der Waals surface area contributed by atoms with Crippen LogP contribution in [0.5, 0.6) is 11.5 Å². The molecule has 1 aliphatic heterocycles. The number of ether oxygens (including phenoxy) is 1. The molecule has 0 aliphatic carbocycles. The molecular weight excluding hydrogens is 440 g/mol. The fourth-order valence-corrected chi connectivity index (χ4v) is 4.22. The van der Waals surface area contributed by atoms with E-state index in [-0.39, 0.29) is 24.0 Å². The molecular formula is C21H26N2O6S2. The number of carboxylic acid groups (broad SMARTS) is 1. The molecule has 2 rings (SSSR count). The summed E-state index contributed by atoms with van der Waals surface area (Å²) in [7, 11) is 1.46. The van der Waals surface area contributed by atoms with Crippen molar-refractivity contribution in [2.45, 2.75) is 38.5 Å². The SMILES string of the molecule is COc1cc(/C=C2\SC(=S)N(CCCCCC(=O)NCCCC(=O)O)C2=O)ccc1O. The van der Waals surface area contributed by atoms with Crippen molar-refractivity contribution in [1.29, 1.82) is 0 Å². The third-order valence-corrected chi connectivity index (χ3v) is 5.93. The number of carbonyl (C=O) groups is 3. The normalized spacial score (nSPS) is 14.9. The van der Waals surface area contributed by atoms with Crippen molar-refractivity contribution in [2.75, 3.05) is 20.2 Å². The van der Waals surface area contributed by atoms with E-state index < -0.39 is 5.97 Å². The van der Waals surface area contributed by atoms with Gasteiger partial charge in [-0.1, -0.05) is 36.5 Å². The van der Waals surface area contributed by atoms with Crippen LogP contribution in [0.25, 0.3) is 6.08 Å². The van der Waals surface area contributed by atoms with Crippen molar-refractivity contribution in [1.82, 2.24) is 10.2 Å². The highest BCUT2D eigenvalue weighted by Gasteiger charge is 2.31. The van der Waals surface area contributed by atoms with Crippen molar-refractivity contribution < 1.29 is 29.3 Å². The predicted molar refractivity (Wildman–Crippen MR) is 123 cm³/mol. The van der Waals surface area contributed by atoms with Crippen LogP contribution in [-0.4, -0.2) is 57.4 Å². The number of phenols is 1. The maximum Gasteiger partial charge on any atom is 0.303 e. The maximum atomic E-state index is 12.7. The molecule has 0 aromatic heterocycles. The molecule has 3 N–H and O–H groups in total. The minimum Gasteiger partial charge on any atom is -0.504 e. The molecule has 0 unspecified atom stereocenters. The van der Waals surface area contributed by atoms with E-state index in [1.165, 1.54) is 24.9 Å². The number of nitrogens with one attached hydrogen (secondary N) is 1. The summed E-state index contributed by atoms with van der Waals surface area (Å²) in [5.74, 6) is -0.764. The average molecular weight is 467 g/mol. The summed E-state index contributed by atoms with van der Waals surface area (Å²) in [6.07, 6.45) is 4.72. The number of rotatable bonds is 12. The van der Waals surface area contributed by atoms with Gasteiger partial charge in [-0.3, -0.25) is 19.3 Å². The number of carboxylic acids is 1. The molecule has 8 nitrogen and oxygen atoms in total. The first kappa shape index (κ1) is 24.7. The van der Waals surface area contributed by atoms with Crippen LogP contribution in [0.2, 0.25) is 0 Å². The maximum absolute atomic E-state index is 12.7. The van der Waals surface area contributed by atoms with Crippen LogP contribution in [0, 0.1) is 0 Å². The summed E-state index contributed by atoms with van der Waals surface area (Å²) in [6.45, 7) is 0.849. The largest absolute Gasteiger partial charge is 0.504 e. The summed E-state index contributed by atoms with van der Waals surface area (Å²) in [5.41, 5.74) is 0.726. The van der Waals surface area contributed by atoms with Gasteiger partial charge >= 0.3 is 5.97 Å². The lowest BCUT2D eigenvalue weighted by Gasteiger charge is -2.14. The van der Waals surface area contributed by atoms with E-state index in [0.29, 0.717) is 47.3 Å². The number of benzene rings is 1. The zero-order chi connectivity index (χ0) is 22.8. The number of unbranched alkanes of at least 4 members (excludes halogenated alkanes) is 2. The Morgan fingerprint density at radius 1 is 1.23 bits per heavy atom. The molecule has 1 heterocycles. The molecule has 0 atom stereocenters. The highest BCUT2D eigenvalue weighted by Crippen LogP contribution is 2.34. The topological polar surface area (TPSA) is 116 Å². The van der Waals surface area contributed by atoms with Crippen LogP contribution in [0.1, 0.15) is 44.1 Å². The predicted octanol–water partition coefficient (Wildman–Crippen LogP) is 3.14. The number of hydrogen-bond donors (Lipinski definition) is 3. The molecule has 1 aromatic rings. The first-order chi connectivity index (χ1) is 14.8. The molecule has 0 bridgehead atoms. The Labute approximate surface area is 190 Å². The van der Waals surface area contributed by atoms with Gasteiger partial charge in [-0.2, -0.15) is 0 Å². The quantitative estimate of drug-likeness (QED) is 0.244. The summed E-state index contributed by atoms with van der Waals surface area (Å²) in [5, 5.41) is 20.9. The molecule has 0 saturated carbocycles. The van der Waals surface area contributed by atoms with Gasteiger partial charge in [0.1, 0.15) is 4.32 Å². The molecule has 10 heteroatoms. The Morgan fingerprint density at radius 3 is 2.71 bits per heavy atom. The smallest absolute Gasteiger partial charge is 0.303 e. The number of amides is 2. The standard InChI is InChI=1S/C21H26N2O6S2/c1-29-16-12-14(8-9-15(16)24)13-17-20(28)23(21(30)31-17)11-4-2-3-6-18(25)22-10-5-7-19(26)27/h8-9,12-13,24H,2-7,10-11H2,1H3,(H,22,25)(H,26,27)/b17-13-. The van der Waals surface area contributed by atoms with Gasteiger partial charge in [-0.15, -0.1) is 0 Å². The monoisotopic (exact) mass is 466 g/mol. The molecule has 0 spiro atoms. The molecule has 1 saturated heterocycles. The fraction of sp³-hybridized carbons (Fsp3) is 0.429. The minimum absolute atomic E-state index is 0.0288. The highest BCUT2D eigenvalue weighted by molar-refractivity contribution is 8.26. The lowest BCUT2D eigenvalue weighted by Crippen LogP contribution is -2.29. The Bertz CT molecular complexity index is 871. The molecule has 1 aromatic carbocycles. The number of hydrogen-bond acceptors (Lipinski definition) is 7. The first-order valence-corrected chi connectivity index (χ1v) is 11.1. The summed E-state index contributed by atoms with van der Waals surface area (Å²) >= 11 is 6.57. The molecule has 0 radical (unpaired) electrons. The van der Waals surface area contributed by atoms with Crippen LogP contribution < -0.4 is 10.1 Å². The van der Waals surface area contributed by atoms with Crippen LogP contribution in [0.3, 0.4) is 0 Å². The van der Waals surface area contributed by atoms with E-state index in [1.807, 2.05) is 0 Å². The second kappa shape index (κ2) is 12.3.